The number of piperazine rings is 1. The van der Waals surface area contributed by atoms with Crippen LogP contribution in [-0.2, 0) is 14.8 Å². The predicted octanol–water partition coefficient (Wildman–Crippen LogP) is 1.69. The van der Waals surface area contributed by atoms with Crippen LogP contribution in [0.5, 0.6) is 0 Å². The summed E-state index contributed by atoms with van der Waals surface area (Å²) in [6, 6.07) is 14.5. The van der Waals surface area contributed by atoms with Crippen LogP contribution < -0.4 is 4.90 Å². The molecule has 3 rings (SSSR count). The second kappa shape index (κ2) is 8.65. The minimum Gasteiger partial charge on any atom is -0.340 e. The van der Waals surface area contributed by atoms with E-state index in [0.717, 1.165) is 0 Å². The number of anilines is 1. The van der Waals surface area contributed by atoms with E-state index in [1.807, 2.05) is 6.07 Å². The molecular formula is C21H22N4O4S. The van der Waals surface area contributed by atoms with Crippen LogP contribution in [-0.4, -0.2) is 62.7 Å². The third-order valence-corrected chi connectivity index (χ3v) is 7.00. The lowest BCUT2D eigenvalue weighted by atomic mass is 10.1. The number of carbonyl (C=O) groups excluding carboxylic acids is 2. The van der Waals surface area contributed by atoms with Gasteiger partial charge in [0.1, 0.15) is 0 Å². The van der Waals surface area contributed by atoms with Gasteiger partial charge in [-0.25, -0.2) is 8.42 Å². The number of hydrogen-bond donors (Lipinski definition) is 0. The standard InChI is InChI=1S/C21H22N4O4S/c1-16(26)24-10-12-25(13-11-24)30(28,29)20-8-6-18(7-9-20)21(27)23(2)19-5-3-4-17(14-19)15-22/h3-9,14H,10-13H2,1-2H3. The van der Waals surface area contributed by atoms with E-state index < -0.39 is 10.0 Å². The molecule has 0 aromatic heterocycles. The van der Waals surface area contributed by atoms with Crippen LogP contribution in [0.2, 0.25) is 0 Å². The van der Waals surface area contributed by atoms with Crippen molar-refractivity contribution in [3.8, 4) is 6.07 Å². The molecule has 0 bridgehead atoms. The Kier molecular flexibility index (Phi) is 6.20. The van der Waals surface area contributed by atoms with E-state index in [2.05, 4.69) is 0 Å². The molecule has 1 saturated heterocycles. The van der Waals surface area contributed by atoms with Crippen molar-refractivity contribution in [2.45, 2.75) is 11.8 Å². The first-order valence-corrected chi connectivity index (χ1v) is 10.8. The summed E-state index contributed by atoms with van der Waals surface area (Å²) < 4.78 is 27.1. The van der Waals surface area contributed by atoms with E-state index >= 15 is 0 Å². The molecule has 9 heteroatoms. The molecule has 0 spiro atoms. The minimum atomic E-state index is -3.70. The van der Waals surface area contributed by atoms with Crippen molar-refractivity contribution in [3.63, 3.8) is 0 Å². The van der Waals surface area contributed by atoms with Crippen molar-refractivity contribution in [2.24, 2.45) is 0 Å². The molecule has 2 aromatic rings. The number of amides is 2. The highest BCUT2D eigenvalue weighted by molar-refractivity contribution is 7.89. The lowest BCUT2D eigenvalue weighted by molar-refractivity contribution is -0.129. The van der Waals surface area contributed by atoms with Gasteiger partial charge in [0.2, 0.25) is 15.9 Å². The number of carbonyl (C=O) groups is 2. The number of hydrogen-bond acceptors (Lipinski definition) is 5. The quantitative estimate of drug-likeness (QED) is 0.740. The normalized spacial score (nSPS) is 14.8. The second-order valence-electron chi connectivity index (χ2n) is 6.96. The first-order chi connectivity index (χ1) is 14.2. The first-order valence-electron chi connectivity index (χ1n) is 9.38. The molecule has 2 aromatic carbocycles. The van der Waals surface area contributed by atoms with Crippen LogP contribution in [0.25, 0.3) is 0 Å². The highest BCUT2D eigenvalue weighted by atomic mass is 32.2. The van der Waals surface area contributed by atoms with Gasteiger partial charge in [-0.3, -0.25) is 9.59 Å². The molecular weight excluding hydrogens is 404 g/mol. The Bertz CT molecular complexity index is 1100. The van der Waals surface area contributed by atoms with Crippen LogP contribution in [0, 0.1) is 11.3 Å². The van der Waals surface area contributed by atoms with Crippen LogP contribution in [0.3, 0.4) is 0 Å². The van der Waals surface area contributed by atoms with E-state index in [1.54, 1.807) is 36.2 Å². The maximum Gasteiger partial charge on any atom is 0.258 e. The summed E-state index contributed by atoms with van der Waals surface area (Å²) in [4.78, 5) is 27.3. The van der Waals surface area contributed by atoms with Crippen molar-refractivity contribution in [3.05, 3.63) is 59.7 Å². The van der Waals surface area contributed by atoms with Gasteiger partial charge in [0, 0.05) is 51.4 Å². The minimum absolute atomic E-state index is 0.0701. The fraction of sp³-hybridized carbons (Fsp3) is 0.286. The third-order valence-electron chi connectivity index (χ3n) is 5.09. The van der Waals surface area contributed by atoms with E-state index in [1.165, 1.54) is 40.4 Å². The van der Waals surface area contributed by atoms with Gasteiger partial charge >= 0.3 is 0 Å². The van der Waals surface area contributed by atoms with Gasteiger partial charge in [0.05, 0.1) is 16.5 Å². The van der Waals surface area contributed by atoms with E-state index in [0.29, 0.717) is 29.9 Å². The molecule has 0 aliphatic carbocycles. The molecule has 30 heavy (non-hydrogen) atoms. The molecule has 1 aliphatic heterocycles. The topological polar surface area (TPSA) is 102 Å². The highest BCUT2D eigenvalue weighted by Crippen LogP contribution is 2.21. The molecule has 0 radical (unpaired) electrons. The van der Waals surface area contributed by atoms with Crippen molar-refractivity contribution in [1.29, 1.82) is 5.26 Å². The van der Waals surface area contributed by atoms with Crippen LogP contribution >= 0.6 is 0 Å². The zero-order valence-corrected chi connectivity index (χ0v) is 17.6. The molecule has 0 atom stereocenters. The van der Waals surface area contributed by atoms with Crippen molar-refractivity contribution < 1.29 is 18.0 Å². The highest BCUT2D eigenvalue weighted by Gasteiger charge is 2.29. The van der Waals surface area contributed by atoms with Crippen LogP contribution in [0.4, 0.5) is 5.69 Å². The number of nitriles is 1. The summed E-state index contributed by atoms with van der Waals surface area (Å²) in [5.41, 5.74) is 1.35. The van der Waals surface area contributed by atoms with E-state index in [4.69, 9.17) is 5.26 Å². The fourth-order valence-corrected chi connectivity index (χ4v) is 4.68. The lowest BCUT2D eigenvalue weighted by Gasteiger charge is -2.33. The predicted molar refractivity (Wildman–Crippen MR) is 111 cm³/mol. The molecule has 156 valence electrons. The lowest BCUT2D eigenvalue weighted by Crippen LogP contribution is -2.49. The Balaban J connectivity index is 1.74. The van der Waals surface area contributed by atoms with Crippen molar-refractivity contribution >= 4 is 27.5 Å². The van der Waals surface area contributed by atoms with Crippen molar-refractivity contribution in [1.82, 2.24) is 9.21 Å². The molecule has 8 nitrogen and oxygen atoms in total. The largest absolute Gasteiger partial charge is 0.340 e. The van der Waals surface area contributed by atoms with E-state index in [-0.39, 0.29) is 29.8 Å². The maximum absolute atomic E-state index is 12.9. The summed E-state index contributed by atoms with van der Waals surface area (Å²) in [5.74, 6) is -0.386. The maximum atomic E-state index is 12.9. The number of sulfonamides is 1. The summed E-state index contributed by atoms with van der Waals surface area (Å²) >= 11 is 0. The Labute approximate surface area is 176 Å². The second-order valence-corrected chi connectivity index (χ2v) is 8.90. The molecule has 0 saturated carbocycles. The van der Waals surface area contributed by atoms with E-state index in [9.17, 15) is 18.0 Å². The number of benzene rings is 2. The summed E-state index contributed by atoms with van der Waals surface area (Å²) in [7, 11) is -2.11. The smallest absolute Gasteiger partial charge is 0.258 e. The Morgan fingerprint density at radius 2 is 1.67 bits per heavy atom. The number of rotatable bonds is 4. The van der Waals surface area contributed by atoms with Gasteiger partial charge in [0.25, 0.3) is 5.91 Å². The van der Waals surface area contributed by atoms with Gasteiger partial charge in [-0.1, -0.05) is 6.07 Å². The molecule has 0 unspecified atom stereocenters. The molecule has 2 amide bonds. The zero-order chi connectivity index (χ0) is 21.9. The van der Waals surface area contributed by atoms with Gasteiger partial charge in [-0.05, 0) is 42.5 Å². The Hall–Kier alpha value is -3.22. The molecule has 1 fully saturated rings. The summed E-state index contributed by atoms with van der Waals surface area (Å²) in [6.45, 7) is 2.66. The molecule has 0 N–H and O–H groups in total. The van der Waals surface area contributed by atoms with Crippen LogP contribution in [0.1, 0.15) is 22.8 Å². The third kappa shape index (κ3) is 4.35. The monoisotopic (exact) mass is 426 g/mol. The van der Waals surface area contributed by atoms with Crippen LogP contribution in [0.15, 0.2) is 53.4 Å². The number of nitrogens with zero attached hydrogens (tertiary/aromatic N) is 4. The SMILES string of the molecule is CC(=O)N1CCN(S(=O)(=O)c2ccc(C(=O)N(C)c3cccc(C#N)c3)cc2)CC1. The Morgan fingerprint density at radius 1 is 1.03 bits per heavy atom. The zero-order valence-electron chi connectivity index (χ0n) is 16.8. The molecule has 1 aliphatic rings. The molecule has 1 heterocycles. The summed E-state index contributed by atoms with van der Waals surface area (Å²) in [5, 5.41) is 9.02. The van der Waals surface area contributed by atoms with Gasteiger partial charge in [-0.15, -0.1) is 0 Å². The average molecular weight is 426 g/mol. The van der Waals surface area contributed by atoms with Gasteiger partial charge in [0.15, 0.2) is 0 Å². The van der Waals surface area contributed by atoms with Gasteiger partial charge < -0.3 is 9.80 Å². The van der Waals surface area contributed by atoms with Crippen molar-refractivity contribution in [2.75, 3.05) is 38.1 Å². The Morgan fingerprint density at radius 3 is 2.23 bits per heavy atom. The first kappa shape index (κ1) is 21.5. The fourth-order valence-electron chi connectivity index (χ4n) is 3.26. The summed E-state index contributed by atoms with van der Waals surface area (Å²) in [6.07, 6.45) is 0. The average Bonchev–Trinajstić information content (AvgIpc) is 2.78. The van der Waals surface area contributed by atoms with Gasteiger partial charge in [-0.2, -0.15) is 9.57 Å².